The fraction of sp³-hybridized carbons (Fsp3) is 0.350. The van der Waals surface area contributed by atoms with Crippen LogP contribution in [0.4, 0.5) is 0 Å². The summed E-state index contributed by atoms with van der Waals surface area (Å²) in [4.78, 5) is 30.2. The van der Waals surface area contributed by atoms with Crippen LogP contribution in [-0.2, 0) is 27.3 Å². The second kappa shape index (κ2) is 9.57. The van der Waals surface area contributed by atoms with E-state index < -0.39 is 0 Å². The molecule has 25 heavy (non-hydrogen) atoms. The first-order valence-corrected chi connectivity index (χ1v) is 8.38. The van der Waals surface area contributed by atoms with Crippen molar-refractivity contribution < 1.29 is 14.3 Å². The molecule has 2 rings (SSSR count). The predicted octanol–water partition coefficient (Wildman–Crippen LogP) is 2.85. The Labute approximate surface area is 148 Å². The molecule has 1 amide bonds. The molecule has 0 aliphatic heterocycles. The Balaban J connectivity index is 2.03. The van der Waals surface area contributed by atoms with E-state index in [4.69, 9.17) is 4.74 Å². The number of methoxy groups -OCH3 is 1. The Hall–Kier alpha value is -2.69. The van der Waals surface area contributed by atoms with E-state index in [0.29, 0.717) is 25.9 Å². The Kier molecular flexibility index (Phi) is 7.14. The maximum atomic E-state index is 12.7. The second-order valence-corrected chi connectivity index (χ2v) is 6.04. The van der Waals surface area contributed by atoms with Crippen molar-refractivity contribution >= 4 is 11.9 Å². The van der Waals surface area contributed by atoms with Gasteiger partial charge in [-0.15, -0.1) is 0 Å². The number of aromatic nitrogens is 1. The van der Waals surface area contributed by atoms with Crippen LogP contribution in [0.25, 0.3) is 0 Å². The molecule has 0 bridgehead atoms. The average Bonchev–Trinajstić information content (AvgIpc) is 2.66. The number of hydrogen-bond acceptors (Lipinski definition) is 4. The number of carbonyl (C=O) groups excluding carboxylic acids is 2. The van der Waals surface area contributed by atoms with Crippen LogP contribution in [0.1, 0.15) is 24.5 Å². The molecule has 0 fully saturated rings. The maximum Gasteiger partial charge on any atom is 0.310 e. The summed E-state index contributed by atoms with van der Waals surface area (Å²) in [6.07, 6.45) is 4.49. The summed E-state index contributed by atoms with van der Waals surface area (Å²) in [5, 5.41) is 0. The molecular formula is C20H24N2O3. The van der Waals surface area contributed by atoms with Crippen molar-refractivity contribution in [2.24, 2.45) is 5.92 Å². The summed E-state index contributed by atoms with van der Waals surface area (Å²) in [7, 11) is 1.36. The van der Waals surface area contributed by atoms with E-state index in [0.717, 1.165) is 11.1 Å². The molecule has 1 aromatic carbocycles. The van der Waals surface area contributed by atoms with Gasteiger partial charge in [-0.05, 0) is 29.7 Å². The van der Waals surface area contributed by atoms with Gasteiger partial charge in [0.2, 0.25) is 5.91 Å². The number of aryl methyl sites for hydroxylation is 1. The highest BCUT2D eigenvalue weighted by Crippen LogP contribution is 2.12. The number of amides is 1. The van der Waals surface area contributed by atoms with Gasteiger partial charge in [-0.1, -0.05) is 37.3 Å². The number of esters is 1. The molecule has 0 radical (unpaired) electrons. The van der Waals surface area contributed by atoms with Gasteiger partial charge in [-0.2, -0.15) is 0 Å². The molecule has 5 heteroatoms. The van der Waals surface area contributed by atoms with Gasteiger partial charge in [0.25, 0.3) is 0 Å². The molecular weight excluding hydrogens is 316 g/mol. The zero-order chi connectivity index (χ0) is 18.1. The van der Waals surface area contributed by atoms with Crippen LogP contribution in [0, 0.1) is 5.92 Å². The van der Waals surface area contributed by atoms with Crippen molar-refractivity contribution in [3.63, 3.8) is 0 Å². The number of pyridine rings is 1. The molecule has 0 spiro atoms. The number of rotatable bonds is 8. The van der Waals surface area contributed by atoms with Crippen molar-refractivity contribution in [2.45, 2.75) is 26.3 Å². The van der Waals surface area contributed by atoms with Crippen LogP contribution < -0.4 is 0 Å². The third kappa shape index (κ3) is 6.03. The highest BCUT2D eigenvalue weighted by Gasteiger charge is 2.21. The number of benzene rings is 1. The third-order valence-electron chi connectivity index (χ3n) is 4.04. The van der Waals surface area contributed by atoms with Crippen LogP contribution in [0.5, 0.6) is 0 Å². The van der Waals surface area contributed by atoms with Gasteiger partial charge in [0.1, 0.15) is 0 Å². The molecule has 0 saturated heterocycles. The van der Waals surface area contributed by atoms with E-state index in [-0.39, 0.29) is 17.8 Å². The Morgan fingerprint density at radius 1 is 1.08 bits per heavy atom. The molecule has 0 aliphatic carbocycles. The molecule has 2 aromatic rings. The highest BCUT2D eigenvalue weighted by atomic mass is 16.5. The van der Waals surface area contributed by atoms with E-state index in [1.807, 2.05) is 42.5 Å². The normalized spacial score (nSPS) is 11.6. The fourth-order valence-corrected chi connectivity index (χ4v) is 2.62. The van der Waals surface area contributed by atoms with Gasteiger partial charge < -0.3 is 9.64 Å². The Bertz CT molecular complexity index is 674. The van der Waals surface area contributed by atoms with E-state index in [1.165, 1.54) is 7.11 Å². The lowest BCUT2D eigenvalue weighted by molar-refractivity contribution is -0.146. The van der Waals surface area contributed by atoms with E-state index in [1.54, 1.807) is 24.2 Å². The van der Waals surface area contributed by atoms with Crippen LogP contribution in [0.15, 0.2) is 54.9 Å². The zero-order valence-corrected chi connectivity index (χ0v) is 14.7. The summed E-state index contributed by atoms with van der Waals surface area (Å²) in [6.45, 7) is 2.57. The van der Waals surface area contributed by atoms with Gasteiger partial charge in [-0.25, -0.2) is 0 Å². The molecule has 1 heterocycles. The third-order valence-corrected chi connectivity index (χ3v) is 4.04. The zero-order valence-electron chi connectivity index (χ0n) is 14.7. The Morgan fingerprint density at radius 3 is 2.40 bits per heavy atom. The largest absolute Gasteiger partial charge is 0.469 e. The highest BCUT2D eigenvalue weighted by molar-refractivity contribution is 5.78. The van der Waals surface area contributed by atoms with Crippen LogP contribution >= 0.6 is 0 Å². The van der Waals surface area contributed by atoms with Crippen LogP contribution in [0.3, 0.4) is 0 Å². The lowest BCUT2D eigenvalue weighted by atomic mass is 10.1. The molecule has 132 valence electrons. The molecule has 0 saturated carbocycles. The summed E-state index contributed by atoms with van der Waals surface area (Å²) in [5.74, 6) is -0.653. The number of nitrogens with zero attached hydrogens (tertiary/aromatic N) is 2. The quantitative estimate of drug-likeness (QED) is 0.693. The smallest absolute Gasteiger partial charge is 0.310 e. The summed E-state index contributed by atoms with van der Waals surface area (Å²) < 4.78 is 4.79. The van der Waals surface area contributed by atoms with E-state index >= 15 is 0 Å². The van der Waals surface area contributed by atoms with Gasteiger partial charge in [-0.3, -0.25) is 14.6 Å². The topological polar surface area (TPSA) is 59.5 Å². The van der Waals surface area contributed by atoms with Crippen LogP contribution in [-0.4, -0.2) is 35.4 Å². The minimum absolute atomic E-state index is 0.0245. The number of ether oxygens (including phenoxy) is 1. The Morgan fingerprint density at radius 2 is 1.76 bits per heavy atom. The maximum absolute atomic E-state index is 12.7. The van der Waals surface area contributed by atoms with Crippen molar-refractivity contribution in [1.29, 1.82) is 0 Å². The van der Waals surface area contributed by atoms with Crippen molar-refractivity contribution in [2.75, 3.05) is 13.7 Å². The first kappa shape index (κ1) is 18.6. The predicted molar refractivity (Wildman–Crippen MR) is 95.6 cm³/mol. The molecule has 0 aliphatic rings. The number of hydrogen-bond donors (Lipinski definition) is 0. The first-order chi connectivity index (χ1) is 12.1. The second-order valence-electron chi connectivity index (χ2n) is 6.04. The first-order valence-electron chi connectivity index (χ1n) is 8.38. The molecule has 0 N–H and O–H groups in total. The molecule has 5 nitrogen and oxygen atoms in total. The molecule has 1 unspecified atom stereocenters. The lowest BCUT2D eigenvalue weighted by Gasteiger charge is -2.25. The minimum atomic E-state index is -0.368. The minimum Gasteiger partial charge on any atom is -0.469 e. The SMILES string of the molecule is COC(=O)C(C)CN(Cc1ccncc1)C(=O)CCc1ccccc1. The number of carbonyl (C=O) groups is 2. The van der Waals surface area contributed by atoms with Gasteiger partial charge >= 0.3 is 5.97 Å². The van der Waals surface area contributed by atoms with Crippen LogP contribution in [0.2, 0.25) is 0 Å². The summed E-state index contributed by atoms with van der Waals surface area (Å²) in [6, 6.07) is 13.7. The monoisotopic (exact) mass is 340 g/mol. The molecule has 1 atom stereocenters. The van der Waals surface area contributed by atoms with Gasteiger partial charge in [0, 0.05) is 31.9 Å². The van der Waals surface area contributed by atoms with E-state index in [2.05, 4.69) is 4.98 Å². The lowest BCUT2D eigenvalue weighted by Crippen LogP contribution is -2.37. The standard InChI is InChI=1S/C20H24N2O3/c1-16(20(24)25-2)14-22(15-18-10-12-21-13-11-18)19(23)9-8-17-6-4-3-5-7-17/h3-7,10-13,16H,8-9,14-15H2,1-2H3. The molecule has 1 aromatic heterocycles. The average molecular weight is 340 g/mol. The van der Waals surface area contributed by atoms with Crippen molar-refractivity contribution in [1.82, 2.24) is 9.88 Å². The summed E-state index contributed by atoms with van der Waals surface area (Å²) >= 11 is 0. The fourth-order valence-electron chi connectivity index (χ4n) is 2.62. The van der Waals surface area contributed by atoms with Crippen molar-refractivity contribution in [3.8, 4) is 0 Å². The van der Waals surface area contributed by atoms with E-state index in [9.17, 15) is 9.59 Å². The summed E-state index contributed by atoms with van der Waals surface area (Å²) in [5.41, 5.74) is 2.11. The van der Waals surface area contributed by atoms with Crippen molar-refractivity contribution in [3.05, 3.63) is 66.0 Å². The van der Waals surface area contributed by atoms with Gasteiger partial charge in [0.15, 0.2) is 0 Å². The van der Waals surface area contributed by atoms with Gasteiger partial charge in [0.05, 0.1) is 13.0 Å².